The van der Waals surface area contributed by atoms with Gasteiger partial charge in [0.2, 0.25) is 0 Å². The van der Waals surface area contributed by atoms with E-state index in [1.54, 1.807) is 6.20 Å². The SMILES string of the molecule is CC(N)CCc1cc(Br)cnc1Cl. The zero-order chi connectivity index (χ0) is 9.84. The van der Waals surface area contributed by atoms with Crippen LogP contribution in [0, 0.1) is 0 Å². The van der Waals surface area contributed by atoms with Crippen LogP contribution >= 0.6 is 27.5 Å². The summed E-state index contributed by atoms with van der Waals surface area (Å²) in [7, 11) is 0. The Bertz CT molecular complexity index is 289. The molecular weight excluding hydrogens is 251 g/mol. The number of halogens is 2. The molecule has 13 heavy (non-hydrogen) atoms. The summed E-state index contributed by atoms with van der Waals surface area (Å²) >= 11 is 9.26. The average molecular weight is 264 g/mol. The topological polar surface area (TPSA) is 38.9 Å². The molecule has 0 saturated heterocycles. The lowest BCUT2D eigenvalue weighted by Crippen LogP contribution is -2.15. The zero-order valence-corrected chi connectivity index (χ0v) is 9.77. The summed E-state index contributed by atoms with van der Waals surface area (Å²) in [6.45, 7) is 1.99. The Balaban J connectivity index is 2.70. The smallest absolute Gasteiger partial charge is 0.132 e. The Labute approximate surface area is 91.6 Å². The minimum absolute atomic E-state index is 0.204. The molecule has 4 heteroatoms. The van der Waals surface area contributed by atoms with Crippen LogP contribution in [0.15, 0.2) is 16.7 Å². The van der Waals surface area contributed by atoms with E-state index in [-0.39, 0.29) is 6.04 Å². The van der Waals surface area contributed by atoms with Crippen molar-refractivity contribution in [2.75, 3.05) is 0 Å². The Morgan fingerprint density at radius 2 is 2.38 bits per heavy atom. The van der Waals surface area contributed by atoms with E-state index in [0.717, 1.165) is 22.9 Å². The third-order valence-electron chi connectivity index (χ3n) is 1.75. The molecule has 0 aliphatic carbocycles. The third kappa shape index (κ3) is 3.63. The highest BCUT2D eigenvalue weighted by Gasteiger charge is 2.03. The highest BCUT2D eigenvalue weighted by molar-refractivity contribution is 9.10. The molecule has 0 aliphatic rings. The van der Waals surface area contributed by atoms with Crippen molar-refractivity contribution in [3.63, 3.8) is 0 Å². The molecule has 2 N–H and O–H groups in total. The number of aromatic nitrogens is 1. The highest BCUT2D eigenvalue weighted by atomic mass is 79.9. The van der Waals surface area contributed by atoms with Crippen molar-refractivity contribution in [2.45, 2.75) is 25.8 Å². The fourth-order valence-corrected chi connectivity index (χ4v) is 1.60. The molecule has 1 rings (SSSR count). The number of hydrogen-bond acceptors (Lipinski definition) is 2. The largest absolute Gasteiger partial charge is 0.328 e. The van der Waals surface area contributed by atoms with Gasteiger partial charge in [0.15, 0.2) is 0 Å². The van der Waals surface area contributed by atoms with E-state index in [1.165, 1.54) is 0 Å². The van der Waals surface area contributed by atoms with Gasteiger partial charge in [-0.2, -0.15) is 0 Å². The maximum absolute atomic E-state index is 5.91. The van der Waals surface area contributed by atoms with Gasteiger partial charge in [0.1, 0.15) is 5.15 Å². The molecule has 0 radical (unpaired) electrons. The minimum atomic E-state index is 0.204. The third-order valence-corrected chi connectivity index (χ3v) is 2.52. The first-order valence-corrected chi connectivity index (χ1v) is 5.32. The van der Waals surface area contributed by atoms with Gasteiger partial charge in [-0.05, 0) is 47.3 Å². The fraction of sp³-hybridized carbons (Fsp3) is 0.444. The van der Waals surface area contributed by atoms with Crippen molar-refractivity contribution in [3.05, 3.63) is 27.5 Å². The number of pyridine rings is 1. The Kier molecular flexibility index (Phi) is 4.16. The fourth-order valence-electron chi connectivity index (χ4n) is 1.02. The van der Waals surface area contributed by atoms with Crippen LogP contribution in [0.25, 0.3) is 0 Å². The van der Waals surface area contributed by atoms with Gasteiger partial charge in [-0.1, -0.05) is 11.6 Å². The molecule has 0 amide bonds. The molecule has 2 nitrogen and oxygen atoms in total. The molecule has 1 aromatic heterocycles. The lowest BCUT2D eigenvalue weighted by Gasteiger charge is -2.06. The monoisotopic (exact) mass is 262 g/mol. The first-order chi connectivity index (χ1) is 6.09. The van der Waals surface area contributed by atoms with Crippen LogP contribution in [0.3, 0.4) is 0 Å². The van der Waals surface area contributed by atoms with E-state index in [2.05, 4.69) is 20.9 Å². The summed E-state index contributed by atoms with van der Waals surface area (Å²) in [6, 6.07) is 2.19. The van der Waals surface area contributed by atoms with Gasteiger partial charge in [0, 0.05) is 16.7 Å². The molecule has 1 aromatic rings. The molecule has 0 saturated carbocycles. The van der Waals surface area contributed by atoms with E-state index in [4.69, 9.17) is 17.3 Å². The quantitative estimate of drug-likeness (QED) is 0.852. The number of hydrogen-bond donors (Lipinski definition) is 1. The molecule has 1 unspecified atom stereocenters. The average Bonchev–Trinajstić information content (AvgIpc) is 2.06. The summed E-state index contributed by atoms with van der Waals surface area (Å²) in [5.41, 5.74) is 6.70. The summed E-state index contributed by atoms with van der Waals surface area (Å²) in [4.78, 5) is 4.03. The first kappa shape index (κ1) is 11.0. The van der Waals surface area contributed by atoms with Gasteiger partial charge < -0.3 is 5.73 Å². The normalized spacial score (nSPS) is 12.9. The summed E-state index contributed by atoms with van der Waals surface area (Å²) in [5.74, 6) is 0. The van der Waals surface area contributed by atoms with Crippen LogP contribution in [-0.2, 0) is 6.42 Å². The zero-order valence-electron chi connectivity index (χ0n) is 7.43. The lowest BCUT2D eigenvalue weighted by atomic mass is 10.1. The Hall–Kier alpha value is -0.120. The molecule has 72 valence electrons. The number of rotatable bonds is 3. The van der Waals surface area contributed by atoms with Crippen LogP contribution < -0.4 is 5.73 Å². The van der Waals surface area contributed by atoms with E-state index >= 15 is 0 Å². The molecular formula is C9H12BrClN2. The van der Waals surface area contributed by atoms with Crippen molar-refractivity contribution in [1.82, 2.24) is 4.98 Å². The number of nitrogens with two attached hydrogens (primary N) is 1. The predicted octanol–water partition coefficient (Wildman–Crippen LogP) is 2.78. The van der Waals surface area contributed by atoms with Crippen molar-refractivity contribution in [2.24, 2.45) is 5.73 Å². The van der Waals surface area contributed by atoms with Gasteiger partial charge in [-0.3, -0.25) is 0 Å². The Morgan fingerprint density at radius 3 is 3.00 bits per heavy atom. The van der Waals surface area contributed by atoms with E-state index in [9.17, 15) is 0 Å². The van der Waals surface area contributed by atoms with Crippen molar-refractivity contribution < 1.29 is 0 Å². The second-order valence-electron chi connectivity index (χ2n) is 3.12. The molecule has 0 bridgehead atoms. The maximum Gasteiger partial charge on any atom is 0.132 e. The van der Waals surface area contributed by atoms with E-state index in [0.29, 0.717) is 5.15 Å². The second kappa shape index (κ2) is 4.94. The van der Waals surface area contributed by atoms with Crippen LogP contribution in [0.4, 0.5) is 0 Å². The molecule has 0 spiro atoms. The number of aryl methyl sites for hydroxylation is 1. The van der Waals surface area contributed by atoms with Crippen LogP contribution in [0.2, 0.25) is 5.15 Å². The van der Waals surface area contributed by atoms with Gasteiger partial charge in [-0.15, -0.1) is 0 Å². The number of nitrogens with zero attached hydrogens (tertiary/aromatic N) is 1. The molecule has 1 heterocycles. The van der Waals surface area contributed by atoms with Crippen LogP contribution in [0.1, 0.15) is 18.9 Å². The predicted molar refractivity (Wildman–Crippen MR) is 58.9 cm³/mol. The molecule has 0 aromatic carbocycles. The maximum atomic E-state index is 5.91. The van der Waals surface area contributed by atoms with Crippen LogP contribution in [-0.4, -0.2) is 11.0 Å². The molecule has 0 fully saturated rings. The standard InChI is InChI=1S/C9H12BrClN2/c1-6(12)2-3-7-4-8(10)5-13-9(7)11/h4-6H,2-3,12H2,1H3. The van der Waals surface area contributed by atoms with Crippen molar-refractivity contribution >= 4 is 27.5 Å². The Morgan fingerprint density at radius 1 is 1.69 bits per heavy atom. The van der Waals surface area contributed by atoms with E-state index < -0.39 is 0 Å². The molecule has 0 aliphatic heterocycles. The van der Waals surface area contributed by atoms with E-state index in [1.807, 2.05) is 13.0 Å². The highest BCUT2D eigenvalue weighted by Crippen LogP contribution is 2.19. The van der Waals surface area contributed by atoms with Crippen LogP contribution in [0.5, 0.6) is 0 Å². The lowest BCUT2D eigenvalue weighted by molar-refractivity contribution is 0.665. The van der Waals surface area contributed by atoms with Gasteiger partial charge in [-0.25, -0.2) is 4.98 Å². The molecule has 1 atom stereocenters. The van der Waals surface area contributed by atoms with Crippen molar-refractivity contribution in [3.8, 4) is 0 Å². The summed E-state index contributed by atoms with van der Waals surface area (Å²) in [6.07, 6.45) is 3.50. The first-order valence-electron chi connectivity index (χ1n) is 4.15. The van der Waals surface area contributed by atoms with Gasteiger partial charge >= 0.3 is 0 Å². The summed E-state index contributed by atoms with van der Waals surface area (Å²) < 4.78 is 0.955. The van der Waals surface area contributed by atoms with Gasteiger partial charge in [0.25, 0.3) is 0 Å². The van der Waals surface area contributed by atoms with Crippen molar-refractivity contribution in [1.29, 1.82) is 0 Å². The van der Waals surface area contributed by atoms with Gasteiger partial charge in [0.05, 0.1) is 0 Å². The summed E-state index contributed by atoms with van der Waals surface area (Å²) in [5, 5.41) is 0.573. The second-order valence-corrected chi connectivity index (χ2v) is 4.39. The minimum Gasteiger partial charge on any atom is -0.328 e.